The second-order valence-corrected chi connectivity index (χ2v) is 11.8. The lowest BCUT2D eigenvalue weighted by atomic mass is 9.78. The first-order chi connectivity index (χ1) is 13.8. The topological polar surface area (TPSA) is 54.4 Å². The van der Waals surface area contributed by atoms with Gasteiger partial charge in [0.15, 0.2) is 0 Å². The number of allylic oxidation sites excluding steroid dienone is 1. The third kappa shape index (κ3) is 6.79. The Bertz CT molecular complexity index is 772. The molecule has 0 heterocycles. The van der Waals surface area contributed by atoms with Gasteiger partial charge in [-0.25, -0.2) is 0 Å². The summed E-state index contributed by atoms with van der Waals surface area (Å²) in [5.41, 5.74) is 2.87. The van der Waals surface area contributed by atoms with Gasteiger partial charge in [0.2, 0.25) is 0 Å². The van der Waals surface area contributed by atoms with E-state index in [2.05, 4.69) is 42.5 Å². The van der Waals surface area contributed by atoms with Crippen LogP contribution in [-0.2, 0) is 10.1 Å². The Labute approximate surface area is 191 Å². The first-order valence-corrected chi connectivity index (χ1v) is 13.9. The van der Waals surface area contributed by atoms with Crippen LogP contribution in [0.3, 0.4) is 0 Å². The van der Waals surface area contributed by atoms with Crippen LogP contribution in [0.4, 0.5) is 0 Å². The molecule has 3 nitrogen and oxygen atoms in total. The lowest BCUT2D eigenvalue weighted by molar-refractivity contribution is 0.440. The minimum atomic E-state index is -4.21. The molecule has 0 aliphatic heterocycles. The highest BCUT2D eigenvalue weighted by molar-refractivity contribution is 14.1. The van der Waals surface area contributed by atoms with E-state index in [1.165, 1.54) is 50.5 Å². The fraction of sp³-hybridized carbons (Fsp3) is 0.667. The van der Waals surface area contributed by atoms with E-state index >= 15 is 0 Å². The van der Waals surface area contributed by atoms with Crippen molar-refractivity contribution in [3.63, 3.8) is 0 Å². The van der Waals surface area contributed by atoms with Crippen molar-refractivity contribution in [2.75, 3.05) is 0 Å². The predicted molar refractivity (Wildman–Crippen MR) is 132 cm³/mol. The Morgan fingerprint density at radius 1 is 0.931 bits per heavy atom. The van der Waals surface area contributed by atoms with Crippen LogP contribution < -0.4 is 0 Å². The van der Waals surface area contributed by atoms with E-state index < -0.39 is 18.8 Å². The van der Waals surface area contributed by atoms with Gasteiger partial charge in [0.1, 0.15) is 5.25 Å². The number of unbranched alkanes of at least 4 members (excludes halogenated alkanes) is 8. The van der Waals surface area contributed by atoms with E-state index in [0.29, 0.717) is 0 Å². The zero-order valence-electron chi connectivity index (χ0n) is 18.0. The highest BCUT2D eigenvalue weighted by Crippen LogP contribution is 2.54. The number of hydrogen-bond donors (Lipinski definition) is 1. The monoisotopic (exact) mass is 532 g/mol. The van der Waals surface area contributed by atoms with E-state index in [1.54, 1.807) is 0 Å². The second kappa shape index (κ2) is 11.8. The summed E-state index contributed by atoms with van der Waals surface area (Å²) < 4.78 is 34.9. The molecule has 1 aliphatic rings. The summed E-state index contributed by atoms with van der Waals surface area (Å²) >= 11 is 2.36. The smallest absolute Gasteiger partial charge is 0.273 e. The molecule has 0 fully saturated rings. The Balaban J connectivity index is 2.30. The largest absolute Gasteiger partial charge is 0.285 e. The Morgan fingerprint density at radius 3 is 2.14 bits per heavy atom. The van der Waals surface area contributed by atoms with Crippen molar-refractivity contribution in [3.05, 3.63) is 41.0 Å². The van der Waals surface area contributed by atoms with Gasteiger partial charge in [-0.15, -0.1) is 0 Å². The molecule has 29 heavy (non-hydrogen) atoms. The van der Waals surface area contributed by atoms with Crippen molar-refractivity contribution >= 4 is 38.8 Å². The highest BCUT2D eigenvalue weighted by Gasteiger charge is 2.49. The SMILES string of the molecule is CCCCCCCC1=Cc2ccccc2C(S(=O)(=O)O)C1(I)CCCCCCC. The number of hydrogen-bond acceptors (Lipinski definition) is 2. The molecule has 0 radical (unpaired) electrons. The van der Waals surface area contributed by atoms with Crippen LogP contribution >= 0.6 is 22.6 Å². The van der Waals surface area contributed by atoms with Crippen LogP contribution in [0.5, 0.6) is 0 Å². The molecular formula is C24H37IO3S. The van der Waals surface area contributed by atoms with E-state index in [4.69, 9.17) is 0 Å². The summed E-state index contributed by atoms with van der Waals surface area (Å²) in [6.07, 6.45) is 15.6. The molecule has 0 saturated heterocycles. The third-order valence-electron chi connectivity index (χ3n) is 6.05. The van der Waals surface area contributed by atoms with E-state index in [-0.39, 0.29) is 0 Å². The molecule has 1 aromatic rings. The van der Waals surface area contributed by atoms with Gasteiger partial charge in [-0.3, -0.25) is 4.55 Å². The van der Waals surface area contributed by atoms with Gasteiger partial charge in [0, 0.05) is 0 Å². The van der Waals surface area contributed by atoms with Crippen LogP contribution in [-0.4, -0.2) is 16.4 Å². The summed E-state index contributed by atoms with van der Waals surface area (Å²) in [7, 11) is -4.21. The van der Waals surface area contributed by atoms with Crippen molar-refractivity contribution in [2.24, 2.45) is 0 Å². The Kier molecular flexibility index (Phi) is 10.2. The van der Waals surface area contributed by atoms with Gasteiger partial charge in [-0.05, 0) is 30.4 Å². The summed E-state index contributed by atoms with van der Waals surface area (Å²) in [6.45, 7) is 4.41. The minimum absolute atomic E-state index is 0.573. The summed E-state index contributed by atoms with van der Waals surface area (Å²) in [5, 5.41) is -0.881. The van der Waals surface area contributed by atoms with Gasteiger partial charge < -0.3 is 0 Å². The quantitative estimate of drug-likeness (QED) is 0.122. The molecule has 0 saturated carbocycles. The molecule has 0 amide bonds. The van der Waals surface area contributed by atoms with E-state index in [0.717, 1.165) is 43.2 Å². The van der Waals surface area contributed by atoms with Crippen LogP contribution in [0.15, 0.2) is 29.8 Å². The maximum Gasteiger partial charge on any atom is 0.273 e. The Hall–Kier alpha value is -0.400. The lowest BCUT2D eigenvalue weighted by Gasteiger charge is -2.40. The molecule has 0 aromatic heterocycles. The molecule has 2 atom stereocenters. The number of halogens is 1. The first-order valence-electron chi connectivity index (χ1n) is 11.3. The zero-order valence-corrected chi connectivity index (χ0v) is 21.0. The number of benzene rings is 1. The Morgan fingerprint density at radius 2 is 1.52 bits per heavy atom. The third-order valence-corrected chi connectivity index (χ3v) is 9.58. The van der Waals surface area contributed by atoms with Crippen molar-refractivity contribution in [1.29, 1.82) is 0 Å². The maximum atomic E-state index is 12.6. The van der Waals surface area contributed by atoms with E-state index in [1.807, 2.05) is 24.3 Å². The predicted octanol–water partition coefficient (Wildman–Crippen LogP) is 7.91. The van der Waals surface area contributed by atoms with Crippen LogP contribution in [0.2, 0.25) is 0 Å². The molecule has 1 N–H and O–H groups in total. The van der Waals surface area contributed by atoms with Gasteiger partial charge >= 0.3 is 0 Å². The standard InChI is InChI=1S/C24H37IO3S/c1-3-5-7-9-11-16-21-19-20-15-12-13-17-22(20)23(29(26,27)28)24(21,25)18-14-10-8-6-4-2/h12-13,15,17,19,23H,3-11,14,16,18H2,1-2H3,(H,26,27,28). The van der Waals surface area contributed by atoms with Crippen molar-refractivity contribution in [2.45, 2.75) is 99.6 Å². The van der Waals surface area contributed by atoms with Gasteiger partial charge in [-0.2, -0.15) is 8.42 Å². The number of alkyl halides is 1. The van der Waals surface area contributed by atoms with Crippen molar-refractivity contribution < 1.29 is 13.0 Å². The fourth-order valence-electron chi connectivity index (χ4n) is 4.48. The molecule has 164 valence electrons. The van der Waals surface area contributed by atoms with Gasteiger partial charge in [-0.1, -0.05) is 130 Å². The lowest BCUT2D eigenvalue weighted by Crippen LogP contribution is -2.39. The van der Waals surface area contributed by atoms with Crippen molar-refractivity contribution in [3.8, 4) is 0 Å². The molecule has 5 heteroatoms. The molecule has 1 aliphatic carbocycles. The summed E-state index contributed by atoms with van der Waals surface area (Å²) in [6, 6.07) is 7.66. The summed E-state index contributed by atoms with van der Waals surface area (Å²) in [4.78, 5) is 0. The molecule has 2 unspecified atom stereocenters. The van der Waals surface area contributed by atoms with Gasteiger partial charge in [0.25, 0.3) is 10.1 Å². The molecule has 1 aromatic carbocycles. The average Bonchev–Trinajstić information content (AvgIpc) is 2.67. The number of fused-ring (bicyclic) bond motifs is 1. The molecule has 0 bridgehead atoms. The van der Waals surface area contributed by atoms with E-state index in [9.17, 15) is 13.0 Å². The first kappa shape index (κ1) is 24.9. The van der Waals surface area contributed by atoms with Gasteiger partial charge in [0.05, 0.1) is 3.42 Å². The molecule has 0 spiro atoms. The fourth-order valence-corrected chi connectivity index (χ4v) is 7.86. The maximum absolute atomic E-state index is 12.6. The van der Waals surface area contributed by atoms with Crippen LogP contribution in [0.1, 0.15) is 107 Å². The zero-order chi connectivity index (χ0) is 21.3. The summed E-state index contributed by atoms with van der Waals surface area (Å²) in [5.74, 6) is 0. The minimum Gasteiger partial charge on any atom is -0.285 e. The van der Waals surface area contributed by atoms with Crippen LogP contribution in [0, 0.1) is 0 Å². The van der Waals surface area contributed by atoms with Crippen molar-refractivity contribution in [1.82, 2.24) is 0 Å². The second-order valence-electron chi connectivity index (χ2n) is 8.38. The van der Waals surface area contributed by atoms with Crippen LogP contribution in [0.25, 0.3) is 6.08 Å². The number of rotatable bonds is 13. The average molecular weight is 533 g/mol. The normalized spacial score (nSPS) is 21.7. The highest BCUT2D eigenvalue weighted by atomic mass is 127. The molecular weight excluding hydrogens is 495 g/mol. The molecule has 2 rings (SSSR count).